The number of hydrogen-bond donors (Lipinski definition) is 1. The highest BCUT2D eigenvalue weighted by Crippen LogP contribution is 2.22. The summed E-state index contributed by atoms with van der Waals surface area (Å²) in [6, 6.07) is 15.5. The fourth-order valence-electron chi connectivity index (χ4n) is 2.70. The lowest BCUT2D eigenvalue weighted by molar-refractivity contribution is -0.122. The zero-order chi connectivity index (χ0) is 17.1. The minimum absolute atomic E-state index is 0.202. The smallest absolute Gasteiger partial charge is 0.265 e. The number of rotatable bonds is 4. The van der Waals surface area contributed by atoms with E-state index in [-0.39, 0.29) is 5.91 Å². The maximum absolute atomic E-state index is 12.5. The lowest BCUT2D eigenvalue weighted by Crippen LogP contribution is -2.30. The number of aromatic nitrogens is 1. The first-order valence-corrected chi connectivity index (χ1v) is 7.92. The van der Waals surface area contributed by atoms with E-state index in [2.05, 4.69) is 16.4 Å². The molecule has 0 unspecified atom stereocenters. The molecular formula is C20H20N2O2. The normalized spacial score (nSPS) is 12.0. The molecule has 0 radical (unpaired) electrons. The van der Waals surface area contributed by atoms with E-state index in [9.17, 15) is 4.79 Å². The van der Waals surface area contributed by atoms with Crippen molar-refractivity contribution in [2.24, 2.45) is 0 Å². The molecule has 1 N–H and O–H groups in total. The molecule has 1 heterocycles. The van der Waals surface area contributed by atoms with E-state index in [0.29, 0.717) is 11.4 Å². The average Bonchev–Trinajstić information content (AvgIpc) is 2.54. The molecule has 0 bridgehead atoms. The molecule has 3 aromatic rings. The third-order valence-electron chi connectivity index (χ3n) is 3.77. The molecule has 24 heavy (non-hydrogen) atoms. The van der Waals surface area contributed by atoms with Gasteiger partial charge in [0.05, 0.1) is 11.2 Å². The van der Waals surface area contributed by atoms with E-state index >= 15 is 0 Å². The van der Waals surface area contributed by atoms with Crippen LogP contribution in [-0.4, -0.2) is 17.0 Å². The number of amides is 1. The third-order valence-corrected chi connectivity index (χ3v) is 3.77. The van der Waals surface area contributed by atoms with Gasteiger partial charge in [0, 0.05) is 11.6 Å². The summed E-state index contributed by atoms with van der Waals surface area (Å²) in [5.74, 6) is 0.499. The van der Waals surface area contributed by atoms with Crippen molar-refractivity contribution in [2.75, 3.05) is 5.32 Å². The van der Waals surface area contributed by atoms with Gasteiger partial charge in [0.15, 0.2) is 6.10 Å². The summed E-state index contributed by atoms with van der Waals surface area (Å²) in [6.07, 6.45) is 1.11. The van der Waals surface area contributed by atoms with Gasteiger partial charge in [-0.1, -0.05) is 24.3 Å². The molecule has 2 aromatic carbocycles. The van der Waals surface area contributed by atoms with Crippen LogP contribution >= 0.6 is 0 Å². The molecule has 0 aliphatic carbocycles. The van der Waals surface area contributed by atoms with E-state index in [1.54, 1.807) is 13.1 Å². The van der Waals surface area contributed by atoms with Gasteiger partial charge in [-0.3, -0.25) is 9.78 Å². The first kappa shape index (κ1) is 16.0. The number of carbonyl (C=O) groups is 1. The minimum atomic E-state index is -0.606. The van der Waals surface area contributed by atoms with Crippen LogP contribution in [0.2, 0.25) is 0 Å². The summed E-state index contributed by atoms with van der Waals surface area (Å²) in [7, 11) is 0. The summed E-state index contributed by atoms with van der Waals surface area (Å²) in [5.41, 5.74) is 3.67. The fraction of sp³-hybridized carbons (Fsp3) is 0.200. The molecule has 1 aromatic heterocycles. The van der Waals surface area contributed by atoms with Crippen molar-refractivity contribution in [1.29, 1.82) is 0 Å². The van der Waals surface area contributed by atoms with Gasteiger partial charge in [-0.2, -0.15) is 0 Å². The summed E-state index contributed by atoms with van der Waals surface area (Å²) in [4.78, 5) is 16.8. The zero-order valence-corrected chi connectivity index (χ0v) is 14.0. The number of fused-ring (bicyclic) bond motifs is 1. The number of benzene rings is 2. The second-order valence-electron chi connectivity index (χ2n) is 5.95. The number of para-hydroxylation sites is 1. The van der Waals surface area contributed by atoms with Crippen molar-refractivity contribution in [3.63, 3.8) is 0 Å². The van der Waals surface area contributed by atoms with Crippen LogP contribution in [0.5, 0.6) is 5.75 Å². The fourth-order valence-corrected chi connectivity index (χ4v) is 2.70. The first-order chi connectivity index (χ1) is 11.5. The molecule has 0 aliphatic heterocycles. The molecule has 4 heteroatoms. The number of aryl methyl sites for hydroxylation is 2. The second kappa shape index (κ2) is 6.71. The van der Waals surface area contributed by atoms with E-state index in [1.807, 2.05) is 56.3 Å². The van der Waals surface area contributed by atoms with E-state index < -0.39 is 6.10 Å². The summed E-state index contributed by atoms with van der Waals surface area (Å²) < 4.78 is 5.79. The highest BCUT2D eigenvalue weighted by atomic mass is 16.5. The lowest BCUT2D eigenvalue weighted by Gasteiger charge is -2.16. The molecule has 0 saturated heterocycles. The number of anilines is 1. The predicted octanol–water partition coefficient (Wildman–Crippen LogP) is 4.26. The van der Waals surface area contributed by atoms with Gasteiger partial charge in [0.2, 0.25) is 0 Å². The maximum atomic E-state index is 12.5. The Morgan fingerprint density at radius 3 is 2.54 bits per heavy atom. The van der Waals surface area contributed by atoms with Crippen LogP contribution in [0.25, 0.3) is 10.9 Å². The molecule has 0 saturated carbocycles. The van der Waals surface area contributed by atoms with Crippen molar-refractivity contribution in [1.82, 2.24) is 4.98 Å². The van der Waals surface area contributed by atoms with Crippen molar-refractivity contribution < 1.29 is 9.53 Å². The van der Waals surface area contributed by atoms with E-state index in [1.165, 1.54) is 0 Å². The standard InChI is InChI=1S/C20H20N2O2/c1-13-10-14(2)12-17(11-13)24-15(3)20(23)22-18-8-4-6-16-7-5-9-21-19(16)18/h4-12,15H,1-3H3,(H,22,23)/t15-/m1/s1. The summed E-state index contributed by atoms with van der Waals surface area (Å²) >= 11 is 0. The van der Waals surface area contributed by atoms with Crippen LogP contribution < -0.4 is 10.1 Å². The van der Waals surface area contributed by atoms with Crippen LogP contribution in [0.3, 0.4) is 0 Å². The average molecular weight is 320 g/mol. The lowest BCUT2D eigenvalue weighted by atomic mass is 10.1. The van der Waals surface area contributed by atoms with Crippen molar-refractivity contribution in [3.05, 3.63) is 65.9 Å². The van der Waals surface area contributed by atoms with Crippen LogP contribution in [0, 0.1) is 13.8 Å². The van der Waals surface area contributed by atoms with Crippen LogP contribution in [0.4, 0.5) is 5.69 Å². The Labute approximate surface area is 141 Å². The number of nitrogens with zero attached hydrogens (tertiary/aromatic N) is 1. The van der Waals surface area contributed by atoms with Gasteiger partial charge < -0.3 is 10.1 Å². The molecule has 1 atom stereocenters. The highest BCUT2D eigenvalue weighted by molar-refractivity contribution is 6.01. The van der Waals surface area contributed by atoms with Gasteiger partial charge in [-0.15, -0.1) is 0 Å². The maximum Gasteiger partial charge on any atom is 0.265 e. The van der Waals surface area contributed by atoms with Gasteiger partial charge in [0.25, 0.3) is 5.91 Å². The van der Waals surface area contributed by atoms with Crippen molar-refractivity contribution in [3.8, 4) is 5.75 Å². The number of ether oxygens (including phenoxy) is 1. The summed E-state index contributed by atoms with van der Waals surface area (Å²) in [6.45, 7) is 5.75. The van der Waals surface area contributed by atoms with Crippen molar-refractivity contribution >= 4 is 22.5 Å². The molecule has 0 fully saturated rings. The minimum Gasteiger partial charge on any atom is -0.481 e. The Morgan fingerprint density at radius 2 is 1.79 bits per heavy atom. The second-order valence-corrected chi connectivity index (χ2v) is 5.95. The topological polar surface area (TPSA) is 51.2 Å². The predicted molar refractivity (Wildman–Crippen MR) is 96.4 cm³/mol. The van der Waals surface area contributed by atoms with Gasteiger partial charge in [0.1, 0.15) is 5.75 Å². The molecule has 1 amide bonds. The Balaban J connectivity index is 1.76. The Morgan fingerprint density at radius 1 is 1.08 bits per heavy atom. The largest absolute Gasteiger partial charge is 0.481 e. The Bertz CT molecular complexity index is 864. The summed E-state index contributed by atoms with van der Waals surface area (Å²) in [5, 5.41) is 3.89. The Hall–Kier alpha value is -2.88. The third kappa shape index (κ3) is 3.54. The van der Waals surface area contributed by atoms with Crippen LogP contribution in [0.15, 0.2) is 54.7 Å². The molecular weight excluding hydrogens is 300 g/mol. The first-order valence-electron chi connectivity index (χ1n) is 7.92. The number of carbonyl (C=O) groups excluding carboxylic acids is 1. The van der Waals surface area contributed by atoms with E-state index in [0.717, 1.165) is 22.0 Å². The molecule has 122 valence electrons. The molecule has 3 rings (SSSR count). The number of nitrogens with one attached hydrogen (secondary N) is 1. The van der Waals surface area contributed by atoms with Crippen molar-refractivity contribution in [2.45, 2.75) is 26.9 Å². The van der Waals surface area contributed by atoms with E-state index in [4.69, 9.17) is 4.74 Å². The molecule has 0 aliphatic rings. The monoisotopic (exact) mass is 320 g/mol. The number of pyridine rings is 1. The van der Waals surface area contributed by atoms with Gasteiger partial charge in [-0.25, -0.2) is 0 Å². The van der Waals surface area contributed by atoms with Gasteiger partial charge in [-0.05, 0) is 56.2 Å². The SMILES string of the molecule is Cc1cc(C)cc(O[C@H](C)C(=O)Nc2cccc3cccnc23)c1. The highest BCUT2D eigenvalue weighted by Gasteiger charge is 2.16. The zero-order valence-electron chi connectivity index (χ0n) is 14.0. The van der Waals surface area contributed by atoms with Crippen LogP contribution in [-0.2, 0) is 4.79 Å². The molecule has 4 nitrogen and oxygen atoms in total. The Kier molecular flexibility index (Phi) is 4.47. The quantitative estimate of drug-likeness (QED) is 0.781. The van der Waals surface area contributed by atoms with Crippen LogP contribution in [0.1, 0.15) is 18.1 Å². The molecule has 0 spiro atoms. The number of hydrogen-bond acceptors (Lipinski definition) is 3. The van der Waals surface area contributed by atoms with Gasteiger partial charge >= 0.3 is 0 Å².